The number of rotatable bonds is 3. The van der Waals surface area contributed by atoms with E-state index in [-0.39, 0.29) is 11.8 Å². The van der Waals surface area contributed by atoms with Gasteiger partial charge in [-0.05, 0) is 60.6 Å². The quantitative estimate of drug-likeness (QED) is 0.677. The van der Waals surface area contributed by atoms with Crippen LogP contribution in [0.2, 0.25) is 0 Å². The number of aromatic hydroxyl groups is 2. The third kappa shape index (κ3) is 1.98. The minimum absolute atomic E-state index is 0.127. The summed E-state index contributed by atoms with van der Waals surface area (Å²) in [5.74, 6) is 2.29. The Bertz CT molecular complexity index is 1150. The van der Waals surface area contributed by atoms with E-state index in [0.29, 0.717) is 41.5 Å². The fourth-order valence-electron chi connectivity index (χ4n) is 5.86. The van der Waals surface area contributed by atoms with E-state index in [4.69, 9.17) is 9.15 Å². The van der Waals surface area contributed by atoms with Gasteiger partial charge in [-0.25, -0.2) is 4.79 Å². The van der Waals surface area contributed by atoms with E-state index in [1.165, 1.54) is 17.1 Å². The van der Waals surface area contributed by atoms with Gasteiger partial charge in [-0.15, -0.1) is 0 Å². The van der Waals surface area contributed by atoms with E-state index in [9.17, 15) is 15.0 Å². The van der Waals surface area contributed by atoms with Crippen molar-refractivity contribution in [1.82, 2.24) is 4.57 Å². The lowest BCUT2D eigenvalue weighted by molar-refractivity contribution is 0.185. The molecule has 0 radical (unpaired) electrons. The van der Waals surface area contributed by atoms with Crippen LogP contribution >= 0.6 is 0 Å². The molecule has 0 amide bonds. The summed E-state index contributed by atoms with van der Waals surface area (Å²) in [5, 5.41) is 22.8. The molecular formula is C22H21NO5. The molecule has 2 N–H and O–H groups in total. The van der Waals surface area contributed by atoms with E-state index in [1.807, 2.05) is 12.1 Å². The highest BCUT2D eigenvalue weighted by Gasteiger charge is 2.58. The van der Waals surface area contributed by atoms with E-state index in [1.54, 1.807) is 13.2 Å². The standard InChI is InChI=1S/C22H21NO5/c1-27-9-10-6-18(24)28-17-7-11(2-3-12(10)17)23-21(25)19-13-4-5-14(16-8-15(13)16)20(19)22(23)26/h2-3,6-7,13-16,25-26H,4-5,8-9H2,1H3/t13-,14+,15+,16-. The van der Waals surface area contributed by atoms with Crippen molar-refractivity contribution in [1.29, 1.82) is 0 Å². The van der Waals surface area contributed by atoms with Crippen LogP contribution in [0.1, 0.15) is 47.8 Å². The van der Waals surface area contributed by atoms with Crippen LogP contribution < -0.4 is 5.63 Å². The lowest BCUT2D eigenvalue weighted by Crippen LogP contribution is -2.22. The maximum absolute atomic E-state index is 11.9. The number of ether oxygens (including phenoxy) is 1. The monoisotopic (exact) mass is 379 g/mol. The molecule has 1 aromatic carbocycles. The van der Waals surface area contributed by atoms with Gasteiger partial charge < -0.3 is 19.4 Å². The maximum Gasteiger partial charge on any atom is 0.336 e. The first-order chi connectivity index (χ1) is 13.6. The van der Waals surface area contributed by atoms with Crippen LogP contribution in [-0.2, 0) is 11.3 Å². The Labute approximate surface area is 161 Å². The normalized spacial score (nSPS) is 27.0. The predicted molar refractivity (Wildman–Crippen MR) is 102 cm³/mol. The number of aromatic nitrogens is 1. The van der Waals surface area contributed by atoms with Gasteiger partial charge in [-0.2, -0.15) is 0 Å². The molecule has 4 aliphatic carbocycles. The molecule has 0 aliphatic heterocycles. The minimum atomic E-state index is -0.449. The van der Waals surface area contributed by atoms with Crippen molar-refractivity contribution in [3.05, 3.63) is 51.4 Å². The summed E-state index contributed by atoms with van der Waals surface area (Å²) in [7, 11) is 1.58. The Morgan fingerprint density at radius 3 is 2.43 bits per heavy atom. The van der Waals surface area contributed by atoms with Gasteiger partial charge >= 0.3 is 5.63 Å². The number of hydrogen-bond acceptors (Lipinski definition) is 5. The van der Waals surface area contributed by atoms with Crippen molar-refractivity contribution in [3.63, 3.8) is 0 Å². The van der Waals surface area contributed by atoms with Crippen LogP contribution in [0.15, 0.2) is 33.5 Å². The highest BCUT2D eigenvalue weighted by Crippen LogP contribution is 2.70. The first-order valence-corrected chi connectivity index (χ1v) is 9.81. The molecule has 0 unspecified atom stereocenters. The third-order valence-electron chi connectivity index (χ3n) is 7.02. The predicted octanol–water partition coefficient (Wildman–Crippen LogP) is 3.75. The minimum Gasteiger partial charge on any atom is -0.494 e. The number of hydrogen-bond donors (Lipinski definition) is 2. The largest absolute Gasteiger partial charge is 0.494 e. The van der Waals surface area contributed by atoms with Gasteiger partial charge in [-0.3, -0.25) is 4.57 Å². The molecule has 3 aromatic rings. The molecule has 4 atom stereocenters. The number of methoxy groups -OCH3 is 1. The lowest BCUT2D eigenvalue weighted by Gasteiger charge is -2.35. The SMILES string of the molecule is COCc1cc(=O)oc2cc(-n3c(O)c4c(c3O)[C@@H]3CC[C@H]4[C@H]4C[C@H]43)ccc12. The first kappa shape index (κ1) is 16.2. The number of nitrogens with zero attached hydrogens (tertiary/aromatic N) is 1. The Morgan fingerprint density at radius 1 is 1.11 bits per heavy atom. The molecule has 2 saturated carbocycles. The molecule has 0 saturated heterocycles. The van der Waals surface area contributed by atoms with Gasteiger partial charge in [0.25, 0.3) is 0 Å². The van der Waals surface area contributed by atoms with E-state index >= 15 is 0 Å². The average molecular weight is 379 g/mol. The summed E-state index contributed by atoms with van der Waals surface area (Å²) in [6, 6.07) is 6.79. The van der Waals surface area contributed by atoms with Crippen molar-refractivity contribution < 1.29 is 19.4 Å². The van der Waals surface area contributed by atoms with Crippen LogP contribution in [-0.4, -0.2) is 21.9 Å². The van der Waals surface area contributed by atoms with Crippen molar-refractivity contribution in [3.8, 4) is 17.4 Å². The van der Waals surface area contributed by atoms with Crippen LogP contribution in [0.4, 0.5) is 0 Å². The third-order valence-corrected chi connectivity index (χ3v) is 7.02. The first-order valence-electron chi connectivity index (χ1n) is 9.81. The fraction of sp³-hybridized carbons (Fsp3) is 0.409. The Morgan fingerprint density at radius 2 is 1.79 bits per heavy atom. The van der Waals surface area contributed by atoms with Crippen molar-refractivity contribution in [2.75, 3.05) is 7.11 Å². The summed E-state index contributed by atoms with van der Waals surface area (Å²) in [4.78, 5) is 11.9. The zero-order valence-corrected chi connectivity index (χ0v) is 15.5. The molecule has 2 fully saturated rings. The van der Waals surface area contributed by atoms with Crippen LogP contribution in [0, 0.1) is 11.8 Å². The Hall–Kier alpha value is -2.73. The molecule has 7 rings (SSSR count). The van der Waals surface area contributed by atoms with Gasteiger partial charge in [0, 0.05) is 35.8 Å². The summed E-state index contributed by atoms with van der Waals surface area (Å²) in [6.45, 7) is 0.307. The lowest BCUT2D eigenvalue weighted by atomic mass is 9.68. The topological polar surface area (TPSA) is 84.8 Å². The van der Waals surface area contributed by atoms with Crippen molar-refractivity contribution in [2.45, 2.75) is 37.7 Å². The van der Waals surface area contributed by atoms with Gasteiger partial charge in [0.05, 0.1) is 12.3 Å². The molecule has 144 valence electrons. The Balaban J connectivity index is 1.55. The number of benzene rings is 1. The number of fused-ring (bicyclic) bond motifs is 2. The molecule has 6 heteroatoms. The molecule has 6 nitrogen and oxygen atoms in total. The van der Waals surface area contributed by atoms with Crippen LogP contribution in [0.5, 0.6) is 11.8 Å². The maximum atomic E-state index is 11.9. The molecule has 2 bridgehead atoms. The Kier molecular flexibility index (Phi) is 3.14. The van der Waals surface area contributed by atoms with Gasteiger partial charge in [0.15, 0.2) is 0 Å². The second-order valence-electron chi connectivity index (χ2n) is 8.37. The van der Waals surface area contributed by atoms with E-state index < -0.39 is 5.63 Å². The summed E-state index contributed by atoms with van der Waals surface area (Å²) in [6.07, 6.45) is 3.39. The molecule has 0 spiro atoms. The molecular weight excluding hydrogens is 358 g/mol. The van der Waals surface area contributed by atoms with Gasteiger partial charge in [0.1, 0.15) is 5.58 Å². The highest BCUT2D eigenvalue weighted by atomic mass is 16.5. The molecule has 2 aromatic heterocycles. The van der Waals surface area contributed by atoms with Crippen molar-refractivity contribution >= 4 is 11.0 Å². The summed E-state index contributed by atoms with van der Waals surface area (Å²) < 4.78 is 12.1. The highest BCUT2D eigenvalue weighted by molar-refractivity contribution is 5.82. The second kappa shape index (κ2) is 5.41. The van der Waals surface area contributed by atoms with Gasteiger partial charge in [0.2, 0.25) is 11.8 Å². The zero-order valence-electron chi connectivity index (χ0n) is 15.5. The fourth-order valence-corrected chi connectivity index (χ4v) is 5.86. The second-order valence-corrected chi connectivity index (χ2v) is 8.37. The molecule has 4 aliphatic rings. The smallest absolute Gasteiger partial charge is 0.336 e. The molecule has 2 heterocycles. The van der Waals surface area contributed by atoms with Crippen LogP contribution in [0.25, 0.3) is 16.7 Å². The van der Waals surface area contributed by atoms with Gasteiger partial charge in [-0.1, -0.05) is 0 Å². The summed E-state index contributed by atoms with van der Waals surface area (Å²) >= 11 is 0. The van der Waals surface area contributed by atoms with E-state index in [0.717, 1.165) is 34.9 Å². The van der Waals surface area contributed by atoms with E-state index in [2.05, 4.69) is 0 Å². The summed E-state index contributed by atoms with van der Waals surface area (Å²) in [5.41, 5.74) is 3.16. The average Bonchev–Trinajstić information content (AvgIpc) is 3.45. The zero-order chi connectivity index (χ0) is 19.2. The van der Waals surface area contributed by atoms with Crippen molar-refractivity contribution in [2.24, 2.45) is 11.8 Å². The molecule has 28 heavy (non-hydrogen) atoms. The van der Waals surface area contributed by atoms with Crippen LogP contribution in [0.3, 0.4) is 0 Å².